The molecule has 0 aliphatic carbocycles. The summed E-state index contributed by atoms with van der Waals surface area (Å²) in [6.45, 7) is 0.862. The topological polar surface area (TPSA) is 72.9 Å². The highest BCUT2D eigenvalue weighted by atomic mass is 19.1. The van der Waals surface area contributed by atoms with Crippen LogP contribution in [0.2, 0.25) is 0 Å². The molecule has 0 unspecified atom stereocenters. The molecule has 0 aromatic heterocycles. The molecular weight excluding hydrogens is 404 g/mol. The summed E-state index contributed by atoms with van der Waals surface area (Å²) in [5.74, 6) is -1.08. The van der Waals surface area contributed by atoms with Gasteiger partial charge in [-0.3, -0.25) is 0 Å². The number of carbonyl (C=O) groups excluding carboxylic acids is 1. The zero-order chi connectivity index (χ0) is 22.0. The van der Waals surface area contributed by atoms with Crippen molar-refractivity contribution in [3.05, 3.63) is 77.4 Å². The molecule has 0 spiro atoms. The van der Waals surface area contributed by atoms with Gasteiger partial charge in [0.25, 0.3) is 0 Å². The molecule has 162 valence electrons. The number of piperidine rings is 1. The molecule has 6 nitrogen and oxygen atoms in total. The van der Waals surface area contributed by atoms with Gasteiger partial charge >= 0.3 is 12.1 Å². The van der Waals surface area contributed by atoms with Crippen LogP contribution < -0.4 is 5.32 Å². The van der Waals surface area contributed by atoms with Crippen LogP contribution in [0.25, 0.3) is 5.57 Å². The van der Waals surface area contributed by atoms with Gasteiger partial charge in [-0.25, -0.2) is 18.4 Å². The second kappa shape index (κ2) is 8.75. The van der Waals surface area contributed by atoms with E-state index in [4.69, 9.17) is 5.11 Å². The molecule has 2 aliphatic rings. The third-order valence-corrected chi connectivity index (χ3v) is 5.80. The molecule has 1 atom stereocenters. The van der Waals surface area contributed by atoms with Crippen molar-refractivity contribution in [2.24, 2.45) is 0 Å². The minimum atomic E-state index is -0.959. The maximum atomic E-state index is 14.4. The molecule has 3 amide bonds. The van der Waals surface area contributed by atoms with E-state index in [1.165, 1.54) is 4.90 Å². The second-order valence-corrected chi connectivity index (χ2v) is 7.79. The van der Waals surface area contributed by atoms with Gasteiger partial charge in [-0.2, -0.15) is 0 Å². The van der Waals surface area contributed by atoms with Crippen LogP contribution in [0.3, 0.4) is 0 Å². The van der Waals surface area contributed by atoms with E-state index in [1.807, 2.05) is 30.3 Å². The number of urea groups is 1. The Balaban J connectivity index is 1.54. The molecule has 0 radical (unpaired) electrons. The van der Waals surface area contributed by atoms with Crippen molar-refractivity contribution in [1.29, 1.82) is 0 Å². The Morgan fingerprint density at radius 1 is 1.03 bits per heavy atom. The predicted molar refractivity (Wildman–Crippen MR) is 111 cm³/mol. The Morgan fingerprint density at radius 2 is 1.74 bits per heavy atom. The van der Waals surface area contributed by atoms with Crippen LogP contribution in [0.5, 0.6) is 0 Å². The Morgan fingerprint density at radius 3 is 2.42 bits per heavy atom. The third kappa shape index (κ3) is 4.52. The van der Waals surface area contributed by atoms with Crippen LogP contribution >= 0.6 is 0 Å². The lowest BCUT2D eigenvalue weighted by atomic mass is 10.0. The Hall–Kier alpha value is -3.42. The third-order valence-electron chi connectivity index (χ3n) is 5.80. The summed E-state index contributed by atoms with van der Waals surface area (Å²) in [6.07, 6.45) is 1.89. The fourth-order valence-corrected chi connectivity index (χ4v) is 4.13. The van der Waals surface area contributed by atoms with Crippen LogP contribution in [-0.4, -0.2) is 52.7 Å². The summed E-state index contributed by atoms with van der Waals surface area (Å²) in [6, 6.07) is 11.8. The SMILES string of the molecule is O=C(O)N1CCC(NC(=O)N2CC(c3cc(F)ccc3F)=C[C@H]2c2ccccc2)CC1. The van der Waals surface area contributed by atoms with Gasteiger partial charge in [0.2, 0.25) is 0 Å². The fourth-order valence-electron chi connectivity index (χ4n) is 4.13. The van der Waals surface area contributed by atoms with Gasteiger partial charge in [-0.1, -0.05) is 36.4 Å². The highest BCUT2D eigenvalue weighted by Crippen LogP contribution is 2.35. The highest BCUT2D eigenvalue weighted by Gasteiger charge is 2.33. The zero-order valence-corrected chi connectivity index (χ0v) is 16.8. The first-order valence-corrected chi connectivity index (χ1v) is 10.2. The smallest absolute Gasteiger partial charge is 0.407 e. The lowest BCUT2D eigenvalue weighted by Crippen LogP contribution is -2.50. The molecule has 8 heteroatoms. The summed E-state index contributed by atoms with van der Waals surface area (Å²) in [5, 5.41) is 12.1. The number of amides is 3. The van der Waals surface area contributed by atoms with E-state index in [2.05, 4.69) is 5.32 Å². The van der Waals surface area contributed by atoms with E-state index in [0.717, 1.165) is 23.8 Å². The molecule has 2 N–H and O–H groups in total. The maximum absolute atomic E-state index is 14.4. The molecule has 1 fully saturated rings. The zero-order valence-electron chi connectivity index (χ0n) is 16.8. The molecule has 31 heavy (non-hydrogen) atoms. The second-order valence-electron chi connectivity index (χ2n) is 7.79. The first kappa shape index (κ1) is 20.8. The quantitative estimate of drug-likeness (QED) is 0.769. The van der Waals surface area contributed by atoms with E-state index < -0.39 is 23.8 Å². The molecule has 2 aromatic rings. The van der Waals surface area contributed by atoms with Crippen molar-refractivity contribution < 1.29 is 23.5 Å². The van der Waals surface area contributed by atoms with Gasteiger partial charge in [0.1, 0.15) is 11.6 Å². The minimum absolute atomic E-state index is 0.139. The van der Waals surface area contributed by atoms with Crippen molar-refractivity contribution >= 4 is 17.7 Å². The number of hydrogen-bond donors (Lipinski definition) is 2. The van der Waals surface area contributed by atoms with Crippen LogP contribution in [0.1, 0.15) is 30.0 Å². The van der Waals surface area contributed by atoms with Gasteiger partial charge in [-0.05, 0) is 42.2 Å². The largest absolute Gasteiger partial charge is 0.465 e. The number of halogens is 2. The van der Waals surface area contributed by atoms with Crippen molar-refractivity contribution in [1.82, 2.24) is 15.1 Å². The maximum Gasteiger partial charge on any atom is 0.407 e. The Kier molecular flexibility index (Phi) is 5.88. The number of nitrogens with zero attached hydrogens (tertiary/aromatic N) is 2. The summed E-state index contributed by atoms with van der Waals surface area (Å²) in [4.78, 5) is 27.1. The Bertz CT molecular complexity index is 1000. The van der Waals surface area contributed by atoms with E-state index in [0.29, 0.717) is 31.5 Å². The van der Waals surface area contributed by atoms with E-state index in [9.17, 15) is 18.4 Å². The number of carboxylic acid groups (broad SMARTS) is 1. The van der Waals surface area contributed by atoms with Crippen LogP contribution in [-0.2, 0) is 0 Å². The fraction of sp³-hybridized carbons (Fsp3) is 0.304. The number of hydrogen-bond acceptors (Lipinski definition) is 2. The number of likely N-dealkylation sites (tertiary alicyclic amines) is 1. The van der Waals surface area contributed by atoms with Gasteiger partial charge in [0.15, 0.2) is 0 Å². The van der Waals surface area contributed by atoms with Gasteiger partial charge in [0.05, 0.1) is 6.04 Å². The predicted octanol–water partition coefficient (Wildman–Crippen LogP) is 4.26. The first-order chi connectivity index (χ1) is 14.9. The van der Waals surface area contributed by atoms with Crippen molar-refractivity contribution in [3.63, 3.8) is 0 Å². The highest BCUT2D eigenvalue weighted by molar-refractivity contribution is 5.82. The van der Waals surface area contributed by atoms with Crippen LogP contribution in [0.15, 0.2) is 54.6 Å². The molecule has 0 saturated carbocycles. The molecule has 2 aliphatic heterocycles. The van der Waals surface area contributed by atoms with Gasteiger partial charge < -0.3 is 20.2 Å². The van der Waals surface area contributed by atoms with Crippen LogP contribution in [0, 0.1) is 11.6 Å². The van der Waals surface area contributed by atoms with Crippen molar-refractivity contribution in [2.45, 2.75) is 24.9 Å². The number of rotatable bonds is 3. The lowest BCUT2D eigenvalue weighted by molar-refractivity contribution is 0.128. The number of carbonyl (C=O) groups is 2. The average molecular weight is 427 g/mol. The van der Waals surface area contributed by atoms with E-state index >= 15 is 0 Å². The first-order valence-electron chi connectivity index (χ1n) is 10.2. The van der Waals surface area contributed by atoms with E-state index in [1.54, 1.807) is 11.0 Å². The molecule has 0 bridgehead atoms. The van der Waals surface area contributed by atoms with E-state index in [-0.39, 0.29) is 24.2 Å². The molecule has 2 heterocycles. The van der Waals surface area contributed by atoms with Gasteiger partial charge in [0, 0.05) is 31.2 Å². The molecule has 4 rings (SSSR count). The summed E-state index contributed by atoms with van der Waals surface area (Å²) in [7, 11) is 0. The monoisotopic (exact) mass is 427 g/mol. The van der Waals surface area contributed by atoms with Gasteiger partial charge in [-0.15, -0.1) is 0 Å². The standard InChI is InChI=1S/C23H23F2N3O3/c24-17-6-7-20(25)19(13-17)16-12-21(15-4-2-1-3-5-15)28(14-16)22(29)26-18-8-10-27(11-9-18)23(30)31/h1-7,12-13,18,21H,8-11,14H2,(H,26,29)(H,30,31)/t21-/m0/s1. The number of benzene rings is 2. The van der Waals surface area contributed by atoms with Crippen molar-refractivity contribution in [3.8, 4) is 0 Å². The minimum Gasteiger partial charge on any atom is -0.465 e. The molecule has 1 saturated heterocycles. The normalized spacial score (nSPS) is 19.3. The lowest BCUT2D eigenvalue weighted by Gasteiger charge is -2.33. The van der Waals surface area contributed by atoms with Crippen molar-refractivity contribution in [2.75, 3.05) is 19.6 Å². The molecule has 2 aromatic carbocycles. The summed E-state index contributed by atoms with van der Waals surface area (Å²) in [5.41, 5.74) is 1.55. The summed E-state index contributed by atoms with van der Waals surface area (Å²) >= 11 is 0. The molecular formula is C23H23F2N3O3. The van der Waals surface area contributed by atoms with Crippen LogP contribution in [0.4, 0.5) is 18.4 Å². The summed E-state index contributed by atoms with van der Waals surface area (Å²) < 4.78 is 28.1. The Labute approximate surface area is 178 Å². The average Bonchev–Trinajstić information content (AvgIpc) is 3.22. The number of nitrogens with one attached hydrogen (secondary N) is 1.